The number of carbonyl (C=O) groups is 2. The summed E-state index contributed by atoms with van der Waals surface area (Å²) in [5.74, 6) is -1.37. The van der Waals surface area contributed by atoms with Gasteiger partial charge in [0.1, 0.15) is 11.3 Å². The maximum absolute atomic E-state index is 12.5. The first-order valence-corrected chi connectivity index (χ1v) is 8.74. The Morgan fingerprint density at radius 1 is 1.08 bits per heavy atom. The van der Waals surface area contributed by atoms with Crippen LogP contribution in [0, 0.1) is 0 Å². The van der Waals surface area contributed by atoms with Crippen molar-refractivity contribution in [2.75, 3.05) is 13.7 Å². The number of esters is 2. The largest absolute Gasteiger partial charge is 0.507 e. The average molecular weight is 356 g/mol. The molecule has 0 saturated carbocycles. The number of rotatable bonds is 7. The minimum Gasteiger partial charge on any atom is -0.507 e. The van der Waals surface area contributed by atoms with E-state index in [1.54, 1.807) is 13.0 Å². The summed E-state index contributed by atoms with van der Waals surface area (Å²) in [6, 6.07) is 10.7. The van der Waals surface area contributed by atoms with Crippen LogP contribution in [0.25, 0.3) is 11.1 Å². The van der Waals surface area contributed by atoms with Crippen molar-refractivity contribution in [1.82, 2.24) is 0 Å². The standard InChI is InChI=1S/C21H24O5/c1-4-6-12-15-17(20(23)26-5-2)13-16(14-10-8-7-9-11-14)18(19(15)22)21(24)25-3/h7-11,13,22H,4-6,12H2,1-3H3. The van der Waals surface area contributed by atoms with Gasteiger partial charge in [0.2, 0.25) is 0 Å². The first-order chi connectivity index (χ1) is 12.5. The molecule has 0 bridgehead atoms. The third-order valence-corrected chi connectivity index (χ3v) is 4.16. The van der Waals surface area contributed by atoms with Crippen LogP contribution in [0.3, 0.4) is 0 Å². The molecule has 0 heterocycles. The van der Waals surface area contributed by atoms with Gasteiger partial charge in [0, 0.05) is 11.1 Å². The summed E-state index contributed by atoms with van der Waals surface area (Å²) in [5, 5.41) is 10.8. The zero-order valence-corrected chi connectivity index (χ0v) is 15.4. The van der Waals surface area contributed by atoms with Crippen LogP contribution in [-0.4, -0.2) is 30.8 Å². The summed E-state index contributed by atoms with van der Waals surface area (Å²) in [4.78, 5) is 24.8. The predicted molar refractivity (Wildman–Crippen MR) is 99.5 cm³/mol. The molecule has 0 saturated heterocycles. The van der Waals surface area contributed by atoms with Crippen LogP contribution in [0.15, 0.2) is 36.4 Å². The van der Waals surface area contributed by atoms with Crippen molar-refractivity contribution in [3.63, 3.8) is 0 Å². The molecule has 0 aliphatic rings. The molecule has 0 amide bonds. The Hall–Kier alpha value is -2.82. The molecule has 2 rings (SSSR count). The lowest BCUT2D eigenvalue weighted by atomic mass is 9.90. The van der Waals surface area contributed by atoms with Gasteiger partial charge in [-0.05, 0) is 31.4 Å². The number of hydrogen-bond donors (Lipinski definition) is 1. The molecule has 5 heteroatoms. The monoisotopic (exact) mass is 356 g/mol. The van der Waals surface area contributed by atoms with E-state index in [4.69, 9.17) is 9.47 Å². The number of phenolic OH excluding ortho intramolecular Hbond substituents is 1. The highest BCUT2D eigenvalue weighted by molar-refractivity contribution is 6.04. The van der Waals surface area contributed by atoms with E-state index in [1.165, 1.54) is 7.11 Å². The van der Waals surface area contributed by atoms with E-state index < -0.39 is 11.9 Å². The molecule has 1 N–H and O–H groups in total. The van der Waals surface area contributed by atoms with Gasteiger partial charge in [-0.1, -0.05) is 43.7 Å². The van der Waals surface area contributed by atoms with Crippen LogP contribution in [0.4, 0.5) is 0 Å². The number of phenols is 1. The molecule has 5 nitrogen and oxygen atoms in total. The van der Waals surface area contributed by atoms with E-state index in [-0.39, 0.29) is 23.5 Å². The molecule has 0 radical (unpaired) electrons. The van der Waals surface area contributed by atoms with Crippen molar-refractivity contribution in [2.45, 2.75) is 33.1 Å². The second-order valence-electron chi connectivity index (χ2n) is 5.86. The highest BCUT2D eigenvalue weighted by Gasteiger charge is 2.26. The zero-order chi connectivity index (χ0) is 19.1. The molecule has 0 aromatic heterocycles. The Morgan fingerprint density at radius 3 is 2.35 bits per heavy atom. The first-order valence-electron chi connectivity index (χ1n) is 8.74. The lowest BCUT2D eigenvalue weighted by Gasteiger charge is -2.17. The molecule has 138 valence electrons. The normalized spacial score (nSPS) is 10.4. The minimum absolute atomic E-state index is 0.0675. The molecule has 26 heavy (non-hydrogen) atoms. The van der Waals surface area contributed by atoms with Gasteiger partial charge in [-0.2, -0.15) is 0 Å². The Morgan fingerprint density at radius 2 is 1.77 bits per heavy atom. The van der Waals surface area contributed by atoms with Crippen LogP contribution in [0.5, 0.6) is 5.75 Å². The van der Waals surface area contributed by atoms with E-state index in [0.29, 0.717) is 23.1 Å². The second kappa shape index (κ2) is 9.04. The SMILES string of the molecule is CCCCc1c(C(=O)OCC)cc(-c2ccccc2)c(C(=O)OC)c1O. The van der Waals surface area contributed by atoms with Crippen molar-refractivity contribution < 1.29 is 24.2 Å². The molecular formula is C21H24O5. The summed E-state index contributed by atoms with van der Waals surface area (Å²) in [5.41, 5.74) is 1.92. The van der Waals surface area contributed by atoms with Gasteiger partial charge < -0.3 is 14.6 Å². The fourth-order valence-electron chi connectivity index (χ4n) is 2.86. The van der Waals surface area contributed by atoms with Gasteiger partial charge in [0.15, 0.2) is 0 Å². The van der Waals surface area contributed by atoms with Crippen LogP contribution in [0.2, 0.25) is 0 Å². The molecular weight excluding hydrogens is 332 g/mol. The quantitative estimate of drug-likeness (QED) is 0.746. The van der Waals surface area contributed by atoms with Gasteiger partial charge in [0.05, 0.1) is 19.3 Å². The number of aromatic hydroxyl groups is 1. The number of methoxy groups -OCH3 is 1. The van der Waals surface area contributed by atoms with E-state index >= 15 is 0 Å². The smallest absolute Gasteiger partial charge is 0.342 e. The molecule has 0 unspecified atom stereocenters. The predicted octanol–water partition coefficient (Wildman–Crippen LogP) is 4.37. The van der Waals surface area contributed by atoms with Crippen LogP contribution in [0.1, 0.15) is 53.0 Å². The Bertz CT molecular complexity index is 781. The van der Waals surface area contributed by atoms with Gasteiger partial charge >= 0.3 is 11.9 Å². The number of unbranched alkanes of at least 4 members (excludes halogenated alkanes) is 1. The van der Waals surface area contributed by atoms with Crippen molar-refractivity contribution in [1.29, 1.82) is 0 Å². The molecule has 0 atom stereocenters. The lowest BCUT2D eigenvalue weighted by molar-refractivity contribution is 0.0521. The molecule has 2 aromatic carbocycles. The van der Waals surface area contributed by atoms with Crippen LogP contribution >= 0.6 is 0 Å². The summed E-state index contributed by atoms with van der Waals surface area (Å²) in [6.45, 7) is 3.97. The van der Waals surface area contributed by atoms with E-state index in [9.17, 15) is 14.7 Å². The number of hydrogen-bond acceptors (Lipinski definition) is 5. The average Bonchev–Trinajstić information content (AvgIpc) is 2.66. The number of benzene rings is 2. The maximum Gasteiger partial charge on any atom is 0.342 e. The Kier molecular flexibility index (Phi) is 6.78. The Labute approximate surface area is 153 Å². The van der Waals surface area contributed by atoms with Gasteiger partial charge in [0.25, 0.3) is 0 Å². The van der Waals surface area contributed by atoms with Crippen molar-refractivity contribution >= 4 is 11.9 Å². The third-order valence-electron chi connectivity index (χ3n) is 4.16. The van der Waals surface area contributed by atoms with Gasteiger partial charge in [-0.3, -0.25) is 0 Å². The molecule has 2 aromatic rings. The Balaban J connectivity index is 2.77. The number of carbonyl (C=O) groups excluding carboxylic acids is 2. The molecule has 0 aliphatic heterocycles. The van der Waals surface area contributed by atoms with Crippen LogP contribution < -0.4 is 0 Å². The number of ether oxygens (including phenoxy) is 2. The minimum atomic E-state index is -0.644. The summed E-state index contributed by atoms with van der Waals surface area (Å²) in [7, 11) is 1.27. The summed E-state index contributed by atoms with van der Waals surface area (Å²) in [6.07, 6.45) is 2.12. The highest BCUT2D eigenvalue weighted by Crippen LogP contribution is 2.37. The fourth-order valence-corrected chi connectivity index (χ4v) is 2.86. The first kappa shape index (κ1) is 19.5. The van der Waals surface area contributed by atoms with E-state index in [0.717, 1.165) is 12.8 Å². The molecule has 0 aliphatic carbocycles. The maximum atomic E-state index is 12.5. The molecule has 0 fully saturated rings. The third kappa shape index (κ3) is 4.04. The summed E-state index contributed by atoms with van der Waals surface area (Å²) < 4.78 is 10.0. The van der Waals surface area contributed by atoms with Gasteiger partial charge in [-0.25, -0.2) is 9.59 Å². The van der Waals surface area contributed by atoms with Crippen molar-refractivity contribution in [2.24, 2.45) is 0 Å². The van der Waals surface area contributed by atoms with E-state index in [1.807, 2.05) is 37.3 Å². The van der Waals surface area contributed by atoms with Crippen molar-refractivity contribution in [3.05, 3.63) is 53.1 Å². The zero-order valence-electron chi connectivity index (χ0n) is 15.4. The topological polar surface area (TPSA) is 72.8 Å². The van der Waals surface area contributed by atoms with Gasteiger partial charge in [-0.15, -0.1) is 0 Å². The highest BCUT2D eigenvalue weighted by atomic mass is 16.5. The second-order valence-corrected chi connectivity index (χ2v) is 5.86. The fraction of sp³-hybridized carbons (Fsp3) is 0.333. The lowest BCUT2D eigenvalue weighted by Crippen LogP contribution is -2.13. The van der Waals surface area contributed by atoms with Crippen molar-refractivity contribution in [3.8, 4) is 16.9 Å². The molecule has 0 spiro atoms. The van der Waals surface area contributed by atoms with Crippen LogP contribution in [-0.2, 0) is 15.9 Å². The van der Waals surface area contributed by atoms with E-state index in [2.05, 4.69) is 0 Å². The summed E-state index contributed by atoms with van der Waals surface area (Å²) >= 11 is 0.